The molecule has 0 unspecified atom stereocenters. The maximum atomic E-state index is 12.7. The van der Waals surface area contributed by atoms with Gasteiger partial charge in [0.25, 0.3) is 5.91 Å². The van der Waals surface area contributed by atoms with E-state index in [1.165, 1.54) is 0 Å². The summed E-state index contributed by atoms with van der Waals surface area (Å²) in [6.45, 7) is 1.37. The van der Waals surface area contributed by atoms with Gasteiger partial charge in [-0.05, 0) is 24.3 Å². The Morgan fingerprint density at radius 1 is 1.24 bits per heavy atom. The Morgan fingerprint density at radius 2 is 2.00 bits per heavy atom. The second kappa shape index (κ2) is 7.74. The van der Waals surface area contributed by atoms with E-state index in [2.05, 4.69) is 4.98 Å². The van der Waals surface area contributed by atoms with Gasteiger partial charge in [-0.1, -0.05) is 17.7 Å². The minimum atomic E-state index is 0.0748. The molecular formula is C19H22ClN3O2. The van der Waals surface area contributed by atoms with E-state index in [1.807, 2.05) is 48.2 Å². The lowest BCUT2D eigenvalue weighted by atomic mass is 10.1. The average Bonchev–Trinajstić information content (AvgIpc) is 2.64. The monoisotopic (exact) mass is 359 g/mol. The van der Waals surface area contributed by atoms with Gasteiger partial charge in [0.05, 0.1) is 5.02 Å². The molecule has 6 heteroatoms. The maximum Gasteiger partial charge on any atom is 0.253 e. The fraction of sp³-hybridized carbons (Fsp3) is 0.368. The number of likely N-dealkylation sites (tertiary alicyclic amines) is 1. The quantitative estimate of drug-likeness (QED) is 0.838. The molecule has 0 bridgehead atoms. The Kier molecular flexibility index (Phi) is 5.43. The molecule has 0 spiro atoms. The number of carbonyl (C=O) groups is 1. The Bertz CT molecular complexity index is 726. The number of carbonyl (C=O) groups excluding carboxylic acids is 1. The summed E-state index contributed by atoms with van der Waals surface area (Å²) in [5, 5.41) is 0.590. The Balaban J connectivity index is 1.57. The van der Waals surface area contributed by atoms with Crippen LogP contribution in [0.15, 0.2) is 42.6 Å². The van der Waals surface area contributed by atoms with Crippen LogP contribution in [0, 0.1) is 0 Å². The van der Waals surface area contributed by atoms with Gasteiger partial charge in [-0.3, -0.25) is 4.79 Å². The molecule has 0 saturated carbocycles. The Hall–Kier alpha value is -2.27. The highest BCUT2D eigenvalue weighted by Crippen LogP contribution is 2.21. The zero-order valence-electron chi connectivity index (χ0n) is 14.5. The van der Waals surface area contributed by atoms with Gasteiger partial charge >= 0.3 is 0 Å². The van der Waals surface area contributed by atoms with Crippen LogP contribution in [0.5, 0.6) is 5.88 Å². The first-order chi connectivity index (χ1) is 12.0. The van der Waals surface area contributed by atoms with E-state index in [9.17, 15) is 4.79 Å². The molecule has 5 nitrogen and oxygen atoms in total. The molecule has 0 radical (unpaired) electrons. The predicted octanol–water partition coefficient (Wildman–Crippen LogP) is 3.48. The summed E-state index contributed by atoms with van der Waals surface area (Å²) >= 11 is 5.83. The topological polar surface area (TPSA) is 45.7 Å². The van der Waals surface area contributed by atoms with E-state index in [4.69, 9.17) is 16.3 Å². The fourth-order valence-electron chi connectivity index (χ4n) is 2.88. The molecule has 0 aliphatic carbocycles. The number of benzene rings is 1. The van der Waals surface area contributed by atoms with Gasteiger partial charge in [0, 0.05) is 63.5 Å². The summed E-state index contributed by atoms with van der Waals surface area (Å²) in [5.74, 6) is 0.652. The summed E-state index contributed by atoms with van der Waals surface area (Å²) in [5.41, 5.74) is 1.75. The third-order valence-corrected chi connectivity index (χ3v) is 4.55. The zero-order valence-corrected chi connectivity index (χ0v) is 15.2. The van der Waals surface area contributed by atoms with Crippen molar-refractivity contribution in [2.75, 3.05) is 32.1 Å². The Morgan fingerprint density at radius 3 is 2.64 bits per heavy atom. The van der Waals surface area contributed by atoms with Crippen molar-refractivity contribution >= 4 is 23.2 Å². The summed E-state index contributed by atoms with van der Waals surface area (Å²) in [6.07, 6.45) is 3.24. The Labute approximate surface area is 153 Å². The maximum absolute atomic E-state index is 12.7. The van der Waals surface area contributed by atoms with Gasteiger partial charge in [0.2, 0.25) is 5.88 Å². The van der Waals surface area contributed by atoms with Crippen molar-refractivity contribution in [3.8, 4) is 5.88 Å². The van der Waals surface area contributed by atoms with Crippen LogP contribution in [-0.2, 0) is 0 Å². The summed E-state index contributed by atoms with van der Waals surface area (Å²) in [7, 11) is 3.94. The zero-order chi connectivity index (χ0) is 17.8. The van der Waals surface area contributed by atoms with Crippen LogP contribution in [0.2, 0.25) is 5.02 Å². The number of anilines is 1. The molecule has 0 atom stereocenters. The van der Waals surface area contributed by atoms with Crippen LogP contribution >= 0.6 is 11.6 Å². The minimum Gasteiger partial charge on any atom is -0.474 e. The molecule has 1 aliphatic heterocycles. The number of hydrogen-bond donors (Lipinski definition) is 0. The highest BCUT2D eigenvalue weighted by atomic mass is 35.5. The van der Waals surface area contributed by atoms with Crippen molar-refractivity contribution in [1.82, 2.24) is 9.88 Å². The smallest absolute Gasteiger partial charge is 0.253 e. The van der Waals surface area contributed by atoms with Gasteiger partial charge < -0.3 is 14.5 Å². The standard InChI is InChI=1S/C19H22ClN3O2/c1-22(2)16-5-3-4-14(12-16)19(24)23-10-8-17(9-11-23)25-18-7-6-15(20)13-21-18/h3-7,12-13,17H,8-11H2,1-2H3. The predicted molar refractivity (Wildman–Crippen MR) is 99.6 cm³/mol. The van der Waals surface area contributed by atoms with Crippen molar-refractivity contribution in [1.29, 1.82) is 0 Å². The highest BCUT2D eigenvalue weighted by Gasteiger charge is 2.25. The molecule has 2 heterocycles. The molecule has 1 aromatic heterocycles. The van der Waals surface area contributed by atoms with Crippen LogP contribution in [0.3, 0.4) is 0 Å². The second-order valence-corrected chi connectivity index (χ2v) is 6.81. The van der Waals surface area contributed by atoms with E-state index < -0.39 is 0 Å². The molecule has 0 N–H and O–H groups in total. The van der Waals surface area contributed by atoms with Gasteiger partial charge in [0.1, 0.15) is 6.10 Å². The number of rotatable bonds is 4. The number of ether oxygens (including phenoxy) is 1. The number of aromatic nitrogens is 1. The number of piperidine rings is 1. The van der Waals surface area contributed by atoms with E-state index in [0.29, 0.717) is 24.0 Å². The third kappa shape index (κ3) is 4.42. The van der Waals surface area contributed by atoms with Crippen molar-refractivity contribution in [3.63, 3.8) is 0 Å². The van der Waals surface area contributed by atoms with Gasteiger partial charge in [-0.2, -0.15) is 0 Å². The molecule has 3 rings (SSSR count). The second-order valence-electron chi connectivity index (χ2n) is 6.37. The fourth-order valence-corrected chi connectivity index (χ4v) is 2.99. The molecular weight excluding hydrogens is 338 g/mol. The largest absolute Gasteiger partial charge is 0.474 e. The first kappa shape index (κ1) is 17.5. The average molecular weight is 360 g/mol. The molecule has 25 heavy (non-hydrogen) atoms. The molecule has 2 aromatic rings. The first-order valence-electron chi connectivity index (χ1n) is 8.38. The number of nitrogens with zero attached hydrogens (tertiary/aromatic N) is 3. The SMILES string of the molecule is CN(C)c1cccc(C(=O)N2CCC(Oc3ccc(Cl)cn3)CC2)c1. The molecule has 1 aromatic carbocycles. The minimum absolute atomic E-state index is 0.0748. The third-order valence-electron chi connectivity index (χ3n) is 4.33. The summed E-state index contributed by atoms with van der Waals surface area (Å²) in [6, 6.07) is 11.3. The number of amides is 1. The number of hydrogen-bond acceptors (Lipinski definition) is 4. The van der Waals surface area contributed by atoms with Crippen molar-refractivity contribution < 1.29 is 9.53 Å². The van der Waals surface area contributed by atoms with E-state index >= 15 is 0 Å². The number of halogens is 1. The lowest BCUT2D eigenvalue weighted by Crippen LogP contribution is -2.41. The van der Waals surface area contributed by atoms with Crippen molar-refractivity contribution in [3.05, 3.63) is 53.2 Å². The van der Waals surface area contributed by atoms with Crippen LogP contribution in [0.25, 0.3) is 0 Å². The molecule has 1 amide bonds. The van der Waals surface area contributed by atoms with E-state index in [0.717, 1.165) is 24.1 Å². The molecule has 1 fully saturated rings. The molecule has 1 saturated heterocycles. The lowest BCUT2D eigenvalue weighted by Gasteiger charge is -2.32. The summed E-state index contributed by atoms with van der Waals surface area (Å²) < 4.78 is 5.88. The summed E-state index contributed by atoms with van der Waals surface area (Å²) in [4.78, 5) is 20.8. The van der Waals surface area contributed by atoms with Crippen molar-refractivity contribution in [2.24, 2.45) is 0 Å². The van der Waals surface area contributed by atoms with Gasteiger partial charge in [-0.15, -0.1) is 0 Å². The van der Waals surface area contributed by atoms with E-state index in [-0.39, 0.29) is 12.0 Å². The van der Waals surface area contributed by atoms with Crippen molar-refractivity contribution in [2.45, 2.75) is 18.9 Å². The van der Waals surface area contributed by atoms with Crippen LogP contribution in [0.1, 0.15) is 23.2 Å². The van der Waals surface area contributed by atoms with E-state index in [1.54, 1.807) is 18.3 Å². The van der Waals surface area contributed by atoms with Crippen LogP contribution in [-0.4, -0.2) is 49.1 Å². The normalized spacial score (nSPS) is 15.1. The molecule has 132 valence electrons. The number of pyridine rings is 1. The lowest BCUT2D eigenvalue weighted by molar-refractivity contribution is 0.0588. The molecule has 1 aliphatic rings. The first-order valence-corrected chi connectivity index (χ1v) is 8.75. The highest BCUT2D eigenvalue weighted by molar-refractivity contribution is 6.30. The van der Waals surface area contributed by atoms with Gasteiger partial charge in [-0.25, -0.2) is 4.98 Å². The van der Waals surface area contributed by atoms with Crippen LogP contribution in [0.4, 0.5) is 5.69 Å². The van der Waals surface area contributed by atoms with Gasteiger partial charge in [0.15, 0.2) is 0 Å². The van der Waals surface area contributed by atoms with Crippen LogP contribution < -0.4 is 9.64 Å².